The normalized spacial score (nSPS) is 20.0. The second-order valence-corrected chi connectivity index (χ2v) is 6.84. The number of alkyl halides is 3. The van der Waals surface area contributed by atoms with Crippen LogP contribution in [-0.2, 0) is 14.4 Å². The predicted octanol–water partition coefficient (Wildman–Crippen LogP) is 3.35. The minimum absolute atomic E-state index is 0.329. The summed E-state index contributed by atoms with van der Waals surface area (Å²) < 4.78 is 64.1. The summed E-state index contributed by atoms with van der Waals surface area (Å²) in [4.78, 5) is 0. The van der Waals surface area contributed by atoms with E-state index < -0.39 is 20.3 Å². The van der Waals surface area contributed by atoms with E-state index in [1.54, 1.807) is 0 Å². The average Bonchev–Trinajstić information content (AvgIpc) is 2.34. The number of quaternary nitrogens is 1. The summed E-state index contributed by atoms with van der Waals surface area (Å²) in [6, 6.07) is 0. The molecule has 0 unspecified atom stereocenters. The second-order valence-electron chi connectivity index (χ2n) is 5.32. The molecule has 0 amide bonds. The van der Waals surface area contributed by atoms with E-state index in [1.165, 1.54) is 0 Å². The van der Waals surface area contributed by atoms with Crippen LogP contribution in [0, 0.1) is 0 Å². The minimum Gasteiger partial charge on any atom is -0.185 e. The molecule has 1 aliphatic heterocycles. The van der Waals surface area contributed by atoms with E-state index in [1.807, 2.05) is 6.92 Å². The predicted molar refractivity (Wildman–Crippen MR) is 68.9 cm³/mol. The fraction of sp³-hybridized carbons (Fsp3) is 1.00. The molecule has 1 saturated heterocycles. The van der Waals surface area contributed by atoms with Gasteiger partial charge in [-0.3, -0.25) is 0 Å². The van der Waals surface area contributed by atoms with Crippen LogP contribution < -0.4 is 0 Å². The molecule has 0 aromatic heterocycles. The molecule has 0 radical (unpaired) electrons. The lowest BCUT2D eigenvalue weighted by molar-refractivity contribution is -1.08. The van der Waals surface area contributed by atoms with Gasteiger partial charge in [0.1, 0.15) is 19.6 Å². The maximum absolute atomic E-state index is 12.5. The number of nitrogens with zero attached hydrogens (tertiary/aromatic N) is 1. The summed E-state index contributed by atoms with van der Waals surface area (Å²) in [6.45, 7) is 3.04. The van der Waals surface area contributed by atoms with Gasteiger partial charge in [0, 0.05) is 0 Å². The van der Waals surface area contributed by atoms with E-state index in [9.17, 15) is 21.6 Å². The molecule has 0 spiro atoms. The molecule has 1 fully saturated rings. The summed E-state index contributed by atoms with van der Waals surface area (Å²) in [7, 11) is -5.53. The van der Waals surface area contributed by atoms with Crippen molar-refractivity contribution in [3.05, 3.63) is 0 Å². The van der Waals surface area contributed by atoms with Crippen molar-refractivity contribution in [2.24, 2.45) is 0 Å². The van der Waals surface area contributed by atoms with E-state index in [0.717, 1.165) is 25.7 Å². The zero-order valence-electron chi connectivity index (χ0n) is 11.8. The van der Waals surface area contributed by atoms with Crippen LogP contribution in [-0.4, -0.2) is 38.2 Å². The molecule has 1 aliphatic rings. The Balaban J connectivity index is 2.73. The van der Waals surface area contributed by atoms with Gasteiger partial charge in [0.25, 0.3) is 0 Å². The molecule has 20 heavy (non-hydrogen) atoms. The molecule has 0 bridgehead atoms. The van der Waals surface area contributed by atoms with Crippen LogP contribution in [0.3, 0.4) is 0 Å². The van der Waals surface area contributed by atoms with Crippen LogP contribution >= 0.6 is 0 Å². The first-order valence-corrected chi connectivity index (χ1v) is 8.52. The highest BCUT2D eigenvalue weighted by molar-refractivity contribution is 7.87. The Morgan fingerprint density at radius 3 is 2.15 bits per heavy atom. The van der Waals surface area contributed by atoms with E-state index in [0.29, 0.717) is 38.9 Å². The first-order valence-electron chi connectivity index (χ1n) is 7.11. The number of unbranched alkanes of at least 4 members (excludes halogenated alkanes) is 3. The number of piperidine rings is 1. The Bertz CT molecular complexity index is 389. The second kappa shape index (κ2) is 7.09. The Kier molecular flexibility index (Phi) is 6.27. The molecule has 8 heteroatoms. The van der Waals surface area contributed by atoms with Gasteiger partial charge < -0.3 is 0 Å². The minimum atomic E-state index is -5.53. The summed E-state index contributed by atoms with van der Waals surface area (Å²) in [5.41, 5.74) is -5.35. The molecule has 1 heterocycles. The summed E-state index contributed by atoms with van der Waals surface area (Å²) in [6.07, 6.45) is 5.87. The van der Waals surface area contributed by atoms with Crippen molar-refractivity contribution in [3.63, 3.8) is 0 Å². The lowest BCUT2D eigenvalue weighted by Gasteiger charge is -2.37. The van der Waals surface area contributed by atoms with Crippen molar-refractivity contribution in [2.75, 3.05) is 19.6 Å². The molecular formula is C12H23F3NO3S+. The van der Waals surface area contributed by atoms with Gasteiger partial charge in [-0.15, -0.1) is 0 Å². The van der Waals surface area contributed by atoms with Crippen molar-refractivity contribution in [3.8, 4) is 0 Å². The van der Waals surface area contributed by atoms with Crippen molar-refractivity contribution in [1.82, 2.24) is 0 Å². The van der Waals surface area contributed by atoms with Crippen LogP contribution in [0.25, 0.3) is 0 Å². The fourth-order valence-corrected chi connectivity index (χ4v) is 3.23. The quantitative estimate of drug-likeness (QED) is 0.411. The van der Waals surface area contributed by atoms with Crippen LogP contribution in [0.4, 0.5) is 13.2 Å². The highest BCUT2D eigenvalue weighted by atomic mass is 32.2. The highest BCUT2D eigenvalue weighted by Crippen LogP contribution is 2.31. The summed E-state index contributed by atoms with van der Waals surface area (Å²) in [5, 5.41) is 0. The fourth-order valence-electron chi connectivity index (χ4n) is 2.50. The first kappa shape index (κ1) is 17.7. The van der Waals surface area contributed by atoms with E-state index in [-0.39, 0.29) is 0 Å². The number of halogens is 3. The van der Waals surface area contributed by atoms with E-state index >= 15 is 0 Å². The van der Waals surface area contributed by atoms with Gasteiger partial charge in [-0.05, 0) is 32.1 Å². The molecule has 0 atom stereocenters. The largest absolute Gasteiger partial charge is 0.528 e. The molecule has 0 aliphatic carbocycles. The van der Waals surface area contributed by atoms with Crippen LogP contribution in [0.1, 0.15) is 51.9 Å². The van der Waals surface area contributed by atoms with Gasteiger partial charge in [0.2, 0.25) is 0 Å². The molecule has 0 N–H and O–H groups in total. The third-order valence-electron chi connectivity index (χ3n) is 3.59. The van der Waals surface area contributed by atoms with Gasteiger partial charge >= 0.3 is 15.6 Å². The summed E-state index contributed by atoms with van der Waals surface area (Å²) >= 11 is 0. The molecule has 4 nitrogen and oxygen atoms in total. The number of hydrogen-bond acceptors (Lipinski definition) is 3. The number of hydrogen-bond donors (Lipinski definition) is 0. The standard InChI is InChI=1S/C12H23F3NO3S/c1-2-3-4-6-9-16(10-7-5-8-11-16)19-20(17,18)12(13,14)15/h2-11H2,1H3/q+1. The zero-order valence-corrected chi connectivity index (χ0v) is 12.6. The number of likely N-dealkylation sites (tertiary alicyclic amines) is 1. The maximum atomic E-state index is 12.5. The zero-order chi connectivity index (χ0) is 15.3. The maximum Gasteiger partial charge on any atom is 0.528 e. The van der Waals surface area contributed by atoms with Crippen molar-refractivity contribution >= 4 is 10.1 Å². The van der Waals surface area contributed by atoms with Crippen molar-refractivity contribution in [2.45, 2.75) is 57.4 Å². The van der Waals surface area contributed by atoms with Crippen molar-refractivity contribution in [1.29, 1.82) is 0 Å². The van der Waals surface area contributed by atoms with Gasteiger partial charge in [-0.25, -0.2) is 0 Å². The Hall–Kier alpha value is -0.340. The Labute approximate surface area is 118 Å². The van der Waals surface area contributed by atoms with Crippen LogP contribution in [0.5, 0.6) is 0 Å². The first-order chi connectivity index (χ1) is 9.22. The van der Waals surface area contributed by atoms with Gasteiger partial charge in [-0.1, -0.05) is 24.0 Å². The number of hydroxylamine groups is 3. The molecule has 0 aromatic rings. The Morgan fingerprint density at radius 2 is 1.65 bits per heavy atom. The lowest BCUT2D eigenvalue weighted by Crippen LogP contribution is -2.54. The van der Waals surface area contributed by atoms with Gasteiger partial charge in [0.15, 0.2) is 0 Å². The molecule has 120 valence electrons. The third-order valence-corrected chi connectivity index (χ3v) is 4.67. The molecule has 0 saturated carbocycles. The summed E-state index contributed by atoms with van der Waals surface area (Å²) in [5.74, 6) is 0. The van der Waals surface area contributed by atoms with E-state index in [4.69, 9.17) is 0 Å². The van der Waals surface area contributed by atoms with E-state index in [2.05, 4.69) is 4.28 Å². The van der Waals surface area contributed by atoms with Crippen molar-refractivity contribution < 1.29 is 30.5 Å². The number of rotatable bonds is 7. The topological polar surface area (TPSA) is 43.4 Å². The highest BCUT2D eigenvalue weighted by Gasteiger charge is 2.53. The third kappa shape index (κ3) is 4.89. The lowest BCUT2D eigenvalue weighted by atomic mass is 10.1. The average molecular weight is 318 g/mol. The van der Waals surface area contributed by atoms with Crippen LogP contribution in [0.15, 0.2) is 0 Å². The van der Waals surface area contributed by atoms with Gasteiger partial charge in [0.05, 0.1) is 0 Å². The smallest absolute Gasteiger partial charge is 0.185 e. The SMILES string of the molecule is CCCCCC[N+]1(OS(=O)(=O)C(F)(F)F)CCCCC1. The van der Waals surface area contributed by atoms with Crippen LogP contribution in [0.2, 0.25) is 0 Å². The molecule has 0 aromatic carbocycles. The monoisotopic (exact) mass is 318 g/mol. The molecular weight excluding hydrogens is 295 g/mol. The van der Waals surface area contributed by atoms with Gasteiger partial charge in [-0.2, -0.15) is 26.2 Å². The Morgan fingerprint density at radius 1 is 1.05 bits per heavy atom. The molecule has 1 rings (SSSR count).